The van der Waals surface area contributed by atoms with E-state index in [0.29, 0.717) is 6.04 Å². The van der Waals surface area contributed by atoms with Gasteiger partial charge in [0.05, 0.1) is 0 Å². The molecule has 3 atom stereocenters. The van der Waals surface area contributed by atoms with Gasteiger partial charge >= 0.3 is 0 Å². The fraction of sp³-hybridized carbons (Fsp3) is 0.867. The van der Waals surface area contributed by atoms with Crippen molar-refractivity contribution in [3.63, 3.8) is 0 Å². The monoisotopic (exact) mass is 221 g/mol. The predicted molar refractivity (Wildman–Crippen MR) is 70.1 cm³/mol. The summed E-state index contributed by atoms with van der Waals surface area (Å²) in [6.07, 6.45) is 6.88. The van der Waals surface area contributed by atoms with Crippen molar-refractivity contribution in [1.29, 1.82) is 0 Å². The quantitative estimate of drug-likeness (QED) is 0.757. The number of nitrogens with one attached hydrogen (secondary N) is 1. The van der Waals surface area contributed by atoms with E-state index in [1.54, 1.807) is 0 Å². The molecular formula is C15H27N. The van der Waals surface area contributed by atoms with E-state index in [4.69, 9.17) is 0 Å². The zero-order chi connectivity index (χ0) is 11.7. The lowest BCUT2D eigenvalue weighted by Crippen LogP contribution is -2.42. The van der Waals surface area contributed by atoms with Crippen LogP contribution in [0.3, 0.4) is 0 Å². The van der Waals surface area contributed by atoms with Crippen molar-refractivity contribution in [2.45, 2.75) is 58.9 Å². The first-order chi connectivity index (χ1) is 7.58. The maximum absolute atomic E-state index is 4.22. The highest BCUT2D eigenvalue weighted by Gasteiger charge is 2.33. The van der Waals surface area contributed by atoms with Crippen LogP contribution in [0.4, 0.5) is 0 Å². The fourth-order valence-electron chi connectivity index (χ4n) is 3.16. The van der Waals surface area contributed by atoms with Crippen molar-refractivity contribution in [2.75, 3.05) is 0 Å². The van der Waals surface area contributed by atoms with Gasteiger partial charge in [0, 0.05) is 11.7 Å². The van der Waals surface area contributed by atoms with Gasteiger partial charge < -0.3 is 5.32 Å². The maximum atomic E-state index is 4.22. The van der Waals surface area contributed by atoms with Crippen molar-refractivity contribution < 1.29 is 0 Å². The van der Waals surface area contributed by atoms with Gasteiger partial charge in [-0.1, -0.05) is 33.8 Å². The molecule has 2 aliphatic rings. The molecule has 1 nitrogen and oxygen atoms in total. The molecule has 1 heteroatoms. The average molecular weight is 221 g/mol. The van der Waals surface area contributed by atoms with Crippen LogP contribution in [0, 0.1) is 23.7 Å². The Hall–Kier alpha value is -0.460. The minimum Gasteiger partial charge on any atom is -0.386 e. The first-order valence-electron chi connectivity index (χ1n) is 7.03. The van der Waals surface area contributed by atoms with E-state index in [1.807, 2.05) is 0 Å². The molecule has 0 heterocycles. The minimum atomic E-state index is 0.692. The molecule has 16 heavy (non-hydrogen) atoms. The van der Waals surface area contributed by atoms with Crippen molar-refractivity contribution in [1.82, 2.24) is 5.32 Å². The molecule has 92 valence electrons. The van der Waals surface area contributed by atoms with Gasteiger partial charge in [-0.25, -0.2) is 0 Å². The Bertz CT molecular complexity index is 252. The van der Waals surface area contributed by atoms with Crippen molar-refractivity contribution in [3.8, 4) is 0 Å². The first kappa shape index (κ1) is 12.0. The molecule has 0 radical (unpaired) electrons. The maximum Gasteiger partial charge on any atom is 0.0291 e. The highest BCUT2D eigenvalue weighted by atomic mass is 15.0. The van der Waals surface area contributed by atoms with Gasteiger partial charge in [-0.2, -0.15) is 0 Å². The van der Waals surface area contributed by atoms with E-state index in [1.165, 1.54) is 37.8 Å². The molecule has 2 rings (SSSR count). The molecule has 2 fully saturated rings. The third-order valence-corrected chi connectivity index (χ3v) is 4.46. The van der Waals surface area contributed by atoms with Gasteiger partial charge in [-0.3, -0.25) is 0 Å². The van der Waals surface area contributed by atoms with Crippen molar-refractivity contribution in [2.24, 2.45) is 23.7 Å². The molecule has 0 amide bonds. The van der Waals surface area contributed by atoms with Crippen molar-refractivity contribution in [3.05, 3.63) is 12.3 Å². The lowest BCUT2D eigenvalue weighted by molar-refractivity contribution is 0.177. The second-order valence-corrected chi connectivity index (χ2v) is 6.38. The summed E-state index contributed by atoms with van der Waals surface area (Å²) in [7, 11) is 0. The largest absolute Gasteiger partial charge is 0.386 e. The van der Waals surface area contributed by atoms with Gasteiger partial charge in [0.25, 0.3) is 0 Å². The second kappa shape index (κ2) is 4.81. The zero-order valence-electron chi connectivity index (χ0n) is 11.1. The van der Waals surface area contributed by atoms with E-state index in [9.17, 15) is 0 Å². The van der Waals surface area contributed by atoms with E-state index < -0.39 is 0 Å². The highest BCUT2D eigenvalue weighted by Crippen LogP contribution is 2.38. The highest BCUT2D eigenvalue weighted by molar-refractivity contribution is 5.07. The third kappa shape index (κ3) is 2.81. The summed E-state index contributed by atoms with van der Waals surface area (Å²) in [6.45, 7) is 11.4. The van der Waals surface area contributed by atoms with Crippen LogP contribution in [0.2, 0.25) is 0 Å². The Kier molecular flexibility index (Phi) is 3.61. The average Bonchev–Trinajstić information content (AvgIpc) is 2.99. The number of hydrogen-bond acceptors (Lipinski definition) is 1. The first-order valence-corrected chi connectivity index (χ1v) is 7.03. The second-order valence-electron chi connectivity index (χ2n) is 6.38. The van der Waals surface area contributed by atoms with Gasteiger partial charge in [0.1, 0.15) is 0 Å². The van der Waals surface area contributed by atoms with Crippen LogP contribution in [0.15, 0.2) is 12.3 Å². The van der Waals surface area contributed by atoms with Crippen molar-refractivity contribution >= 4 is 0 Å². The Morgan fingerprint density at radius 3 is 2.44 bits per heavy atom. The van der Waals surface area contributed by atoms with E-state index in [-0.39, 0.29) is 0 Å². The SMILES string of the molecule is C=C(NC1C[C@@H](C)CC[C@@H]1C(C)C)C1CC1. The smallest absolute Gasteiger partial charge is 0.0291 e. The molecule has 1 N–H and O–H groups in total. The van der Waals surface area contributed by atoms with E-state index in [0.717, 1.165) is 23.7 Å². The van der Waals surface area contributed by atoms with Crippen LogP contribution in [-0.2, 0) is 0 Å². The number of allylic oxidation sites excluding steroid dienone is 1. The molecule has 0 saturated heterocycles. The summed E-state index contributed by atoms with van der Waals surface area (Å²) in [5, 5.41) is 3.75. The third-order valence-electron chi connectivity index (χ3n) is 4.46. The Morgan fingerprint density at radius 1 is 1.19 bits per heavy atom. The van der Waals surface area contributed by atoms with E-state index in [2.05, 4.69) is 32.7 Å². The molecular weight excluding hydrogens is 194 g/mol. The molecule has 0 aromatic carbocycles. The summed E-state index contributed by atoms with van der Waals surface area (Å²) in [6, 6.07) is 0.692. The molecule has 2 saturated carbocycles. The summed E-state index contributed by atoms with van der Waals surface area (Å²) in [5.41, 5.74) is 1.32. The minimum absolute atomic E-state index is 0.692. The predicted octanol–water partition coefficient (Wildman–Crippen LogP) is 3.96. The summed E-state index contributed by atoms with van der Waals surface area (Å²) < 4.78 is 0. The van der Waals surface area contributed by atoms with Crippen LogP contribution in [0.1, 0.15) is 52.9 Å². The van der Waals surface area contributed by atoms with Crippen LogP contribution in [-0.4, -0.2) is 6.04 Å². The van der Waals surface area contributed by atoms with Crippen LogP contribution >= 0.6 is 0 Å². The molecule has 0 aromatic heterocycles. The van der Waals surface area contributed by atoms with Gasteiger partial charge in [-0.15, -0.1) is 0 Å². The van der Waals surface area contributed by atoms with Gasteiger partial charge in [0.15, 0.2) is 0 Å². The molecule has 0 bridgehead atoms. The van der Waals surface area contributed by atoms with Crippen LogP contribution in [0.5, 0.6) is 0 Å². The summed E-state index contributed by atoms with van der Waals surface area (Å²) in [5.74, 6) is 3.34. The number of rotatable bonds is 4. The van der Waals surface area contributed by atoms with Crippen LogP contribution < -0.4 is 5.32 Å². The normalized spacial score (nSPS) is 35.1. The summed E-state index contributed by atoms with van der Waals surface area (Å²) >= 11 is 0. The lowest BCUT2D eigenvalue weighted by Gasteiger charge is -2.38. The fourth-order valence-corrected chi connectivity index (χ4v) is 3.16. The molecule has 0 spiro atoms. The summed E-state index contributed by atoms with van der Waals surface area (Å²) in [4.78, 5) is 0. The Balaban J connectivity index is 1.93. The standard InChI is InChI=1S/C15H27N/c1-10(2)14-8-5-11(3)9-15(14)16-12(4)13-6-7-13/h10-11,13-16H,4-9H2,1-3H3/t11-,14+,15?/m0/s1. The van der Waals surface area contributed by atoms with Gasteiger partial charge in [0.2, 0.25) is 0 Å². The lowest BCUT2D eigenvalue weighted by atomic mass is 9.74. The topological polar surface area (TPSA) is 12.0 Å². The molecule has 0 aromatic rings. The van der Waals surface area contributed by atoms with E-state index >= 15 is 0 Å². The molecule has 1 unspecified atom stereocenters. The van der Waals surface area contributed by atoms with Gasteiger partial charge in [-0.05, 0) is 49.4 Å². The Morgan fingerprint density at radius 2 is 1.88 bits per heavy atom. The number of hydrogen-bond donors (Lipinski definition) is 1. The Labute approximate surface area is 101 Å². The molecule has 2 aliphatic carbocycles. The zero-order valence-corrected chi connectivity index (χ0v) is 11.1. The van der Waals surface area contributed by atoms with Crippen LogP contribution in [0.25, 0.3) is 0 Å². The molecule has 0 aliphatic heterocycles.